The maximum absolute atomic E-state index is 12.8. The Morgan fingerprint density at radius 1 is 0.288 bits per heavy atom. The average molecular weight is 1020 g/mol. The van der Waals surface area contributed by atoms with Crippen LogP contribution in [0.5, 0.6) is 0 Å². The van der Waals surface area contributed by atoms with Crippen LogP contribution in [0.25, 0.3) is 0 Å². The van der Waals surface area contributed by atoms with Gasteiger partial charge in [-0.15, -0.1) is 0 Å². The summed E-state index contributed by atoms with van der Waals surface area (Å²) in [6.45, 7) is 6.50. The number of ether oxygens (including phenoxy) is 3. The number of hydrogen-bond donors (Lipinski definition) is 0. The molecule has 0 amide bonds. The lowest BCUT2D eigenvalue weighted by Crippen LogP contribution is -2.30. The van der Waals surface area contributed by atoms with E-state index in [4.69, 9.17) is 14.2 Å². The third-order valence-corrected chi connectivity index (χ3v) is 14.0. The fraction of sp³-hybridized carbons (Fsp3) is 0.806. The summed E-state index contributed by atoms with van der Waals surface area (Å²) in [5.41, 5.74) is 0. The predicted molar refractivity (Wildman–Crippen MR) is 316 cm³/mol. The summed E-state index contributed by atoms with van der Waals surface area (Å²) in [5, 5.41) is 0. The van der Waals surface area contributed by atoms with Crippen LogP contribution in [0.3, 0.4) is 0 Å². The van der Waals surface area contributed by atoms with Gasteiger partial charge < -0.3 is 14.2 Å². The molecule has 0 aliphatic carbocycles. The van der Waals surface area contributed by atoms with Crippen molar-refractivity contribution in [1.82, 2.24) is 0 Å². The second-order valence-electron chi connectivity index (χ2n) is 21.3. The third kappa shape index (κ3) is 59.9. The van der Waals surface area contributed by atoms with Gasteiger partial charge >= 0.3 is 17.9 Å². The Morgan fingerprint density at radius 3 is 0.836 bits per heavy atom. The Kier molecular flexibility index (Phi) is 59.2. The molecular formula is C67H120O6. The third-order valence-electron chi connectivity index (χ3n) is 14.0. The summed E-state index contributed by atoms with van der Waals surface area (Å²) >= 11 is 0. The Hall–Kier alpha value is -2.89. The van der Waals surface area contributed by atoms with E-state index in [0.717, 1.165) is 96.3 Å². The van der Waals surface area contributed by atoms with Crippen molar-refractivity contribution in [2.24, 2.45) is 0 Å². The lowest BCUT2D eigenvalue weighted by Gasteiger charge is -2.18. The van der Waals surface area contributed by atoms with E-state index >= 15 is 0 Å². The minimum absolute atomic E-state index is 0.0844. The molecule has 6 heteroatoms. The molecule has 0 saturated carbocycles. The van der Waals surface area contributed by atoms with Gasteiger partial charge in [-0.2, -0.15) is 0 Å². The summed E-state index contributed by atoms with van der Waals surface area (Å²) in [5.74, 6) is -0.910. The fourth-order valence-corrected chi connectivity index (χ4v) is 9.30. The molecule has 0 bridgehead atoms. The van der Waals surface area contributed by atoms with E-state index in [1.54, 1.807) is 0 Å². The molecule has 0 aromatic rings. The highest BCUT2D eigenvalue weighted by atomic mass is 16.6. The van der Waals surface area contributed by atoms with Crippen LogP contribution in [0.4, 0.5) is 0 Å². The minimum atomic E-state index is -0.788. The largest absolute Gasteiger partial charge is 0.462 e. The Morgan fingerprint density at radius 2 is 0.534 bits per heavy atom. The highest BCUT2D eigenvalue weighted by Gasteiger charge is 2.19. The van der Waals surface area contributed by atoms with Crippen molar-refractivity contribution >= 4 is 17.9 Å². The first-order valence-corrected chi connectivity index (χ1v) is 31.8. The monoisotopic (exact) mass is 1020 g/mol. The van der Waals surface area contributed by atoms with Crippen LogP contribution >= 0.6 is 0 Å². The molecule has 0 radical (unpaired) electrons. The Balaban J connectivity index is 4.08. The maximum Gasteiger partial charge on any atom is 0.306 e. The van der Waals surface area contributed by atoms with Crippen molar-refractivity contribution in [2.45, 2.75) is 335 Å². The topological polar surface area (TPSA) is 78.9 Å². The molecule has 0 heterocycles. The zero-order valence-corrected chi connectivity index (χ0v) is 48.7. The van der Waals surface area contributed by atoms with Gasteiger partial charge in [0.25, 0.3) is 0 Å². The number of hydrogen-bond acceptors (Lipinski definition) is 6. The van der Waals surface area contributed by atoms with E-state index in [1.165, 1.54) is 193 Å². The molecule has 0 saturated heterocycles. The quantitative estimate of drug-likeness (QED) is 0.0261. The van der Waals surface area contributed by atoms with Crippen molar-refractivity contribution in [2.75, 3.05) is 13.2 Å². The Labute approximate surface area is 453 Å². The molecule has 0 N–H and O–H groups in total. The lowest BCUT2D eigenvalue weighted by atomic mass is 10.0. The van der Waals surface area contributed by atoms with Gasteiger partial charge in [0, 0.05) is 19.3 Å². The van der Waals surface area contributed by atoms with Crippen LogP contribution in [-0.4, -0.2) is 37.2 Å². The van der Waals surface area contributed by atoms with E-state index in [2.05, 4.69) is 81.5 Å². The van der Waals surface area contributed by atoms with Crippen LogP contribution in [0.1, 0.15) is 329 Å². The van der Waals surface area contributed by atoms with Crippen molar-refractivity contribution in [3.63, 3.8) is 0 Å². The number of rotatable bonds is 58. The van der Waals surface area contributed by atoms with E-state index < -0.39 is 6.10 Å². The molecule has 73 heavy (non-hydrogen) atoms. The standard InChI is InChI=1S/C67H120O6/c1-4-7-10-13-16-18-20-22-24-26-28-29-30-31-32-33-34-35-36-37-39-40-42-44-46-48-51-54-57-60-66(69)72-63-64(62-71-65(68)59-56-53-50-15-12-9-6-3)73-67(70)61-58-55-52-49-47-45-43-41-38-27-25-23-21-19-17-14-11-8-5-2/h8,11,17,19,23,25,38,41,45,47,64H,4-7,9-10,12-16,18,20-22,24,26-37,39-40,42-44,46,48-63H2,1-3H3/b11-8-,19-17-,25-23-,41-38-,47-45-. The number of carbonyl (C=O) groups is 3. The molecular weight excluding hydrogens is 901 g/mol. The summed E-state index contributed by atoms with van der Waals surface area (Å²) in [7, 11) is 0. The van der Waals surface area contributed by atoms with Gasteiger partial charge in [-0.1, -0.05) is 306 Å². The van der Waals surface area contributed by atoms with Crippen molar-refractivity contribution in [3.8, 4) is 0 Å². The zero-order chi connectivity index (χ0) is 52.9. The second kappa shape index (κ2) is 61.7. The van der Waals surface area contributed by atoms with Crippen LogP contribution in [0.2, 0.25) is 0 Å². The number of allylic oxidation sites excluding steroid dienone is 10. The van der Waals surface area contributed by atoms with Gasteiger partial charge in [-0.25, -0.2) is 0 Å². The number of carbonyl (C=O) groups excluding carboxylic acids is 3. The summed E-state index contributed by atoms with van der Waals surface area (Å²) in [4.78, 5) is 38.0. The van der Waals surface area contributed by atoms with Gasteiger partial charge in [-0.3, -0.25) is 14.4 Å². The maximum atomic E-state index is 12.8. The average Bonchev–Trinajstić information content (AvgIpc) is 3.39. The minimum Gasteiger partial charge on any atom is -0.462 e. The van der Waals surface area contributed by atoms with Gasteiger partial charge in [0.1, 0.15) is 13.2 Å². The van der Waals surface area contributed by atoms with Crippen molar-refractivity contribution in [1.29, 1.82) is 0 Å². The summed E-state index contributed by atoms with van der Waals surface area (Å²) < 4.78 is 16.8. The van der Waals surface area contributed by atoms with Crippen LogP contribution in [0.15, 0.2) is 60.8 Å². The van der Waals surface area contributed by atoms with E-state index in [-0.39, 0.29) is 31.1 Å². The Bertz CT molecular complexity index is 1310. The highest BCUT2D eigenvalue weighted by Crippen LogP contribution is 2.18. The van der Waals surface area contributed by atoms with Crippen molar-refractivity contribution < 1.29 is 28.6 Å². The fourth-order valence-electron chi connectivity index (χ4n) is 9.30. The number of esters is 3. The first kappa shape index (κ1) is 70.1. The van der Waals surface area contributed by atoms with E-state index in [9.17, 15) is 14.4 Å². The summed E-state index contributed by atoms with van der Waals surface area (Å²) in [6, 6.07) is 0. The highest BCUT2D eigenvalue weighted by molar-refractivity contribution is 5.71. The van der Waals surface area contributed by atoms with Crippen LogP contribution in [0, 0.1) is 0 Å². The zero-order valence-electron chi connectivity index (χ0n) is 48.7. The SMILES string of the molecule is CC/C=C\C/C=C\C/C=C\C/C=C\C/C=C\CCCCCC(=O)OC(COC(=O)CCCCCCCCC)COC(=O)CCCCCCCCCCCCCCCCCCCCCCCCCCCCCCC. The molecule has 0 spiro atoms. The molecule has 0 aromatic heterocycles. The smallest absolute Gasteiger partial charge is 0.306 e. The summed E-state index contributed by atoms with van der Waals surface area (Å²) in [6.07, 6.45) is 78.4. The van der Waals surface area contributed by atoms with Gasteiger partial charge in [0.2, 0.25) is 0 Å². The molecule has 1 unspecified atom stereocenters. The van der Waals surface area contributed by atoms with Gasteiger partial charge in [0.05, 0.1) is 0 Å². The molecule has 424 valence electrons. The number of unbranched alkanes of at least 4 members (excludes halogenated alkanes) is 37. The molecule has 0 rings (SSSR count). The van der Waals surface area contributed by atoms with E-state index in [0.29, 0.717) is 19.3 Å². The molecule has 6 nitrogen and oxygen atoms in total. The second-order valence-corrected chi connectivity index (χ2v) is 21.3. The molecule has 0 fully saturated rings. The predicted octanol–water partition coefficient (Wildman–Crippen LogP) is 21.6. The molecule has 1 atom stereocenters. The van der Waals surface area contributed by atoms with Gasteiger partial charge in [-0.05, 0) is 64.2 Å². The molecule has 0 aliphatic heterocycles. The first-order chi connectivity index (χ1) is 36.0. The van der Waals surface area contributed by atoms with Crippen molar-refractivity contribution in [3.05, 3.63) is 60.8 Å². The lowest BCUT2D eigenvalue weighted by molar-refractivity contribution is -0.167. The molecule has 0 aliphatic rings. The van der Waals surface area contributed by atoms with E-state index in [1.807, 2.05) is 0 Å². The van der Waals surface area contributed by atoms with Crippen LogP contribution < -0.4 is 0 Å². The molecule has 0 aromatic carbocycles. The first-order valence-electron chi connectivity index (χ1n) is 31.8. The van der Waals surface area contributed by atoms with Gasteiger partial charge in [0.15, 0.2) is 6.10 Å². The normalized spacial score (nSPS) is 12.4. The van der Waals surface area contributed by atoms with Crippen LogP contribution in [-0.2, 0) is 28.6 Å².